The summed E-state index contributed by atoms with van der Waals surface area (Å²) in [5.74, 6) is 0. The van der Waals surface area contributed by atoms with Crippen molar-refractivity contribution < 1.29 is 0 Å². The molecule has 3 nitrogen and oxygen atoms in total. The lowest BCUT2D eigenvalue weighted by atomic mass is 10.3. The average Bonchev–Trinajstić information content (AvgIpc) is 2.43. The number of thiophene rings is 1. The normalized spacial score (nSPS) is 11.9. The third-order valence-corrected chi connectivity index (χ3v) is 1.97. The largest absolute Gasteiger partial charge is 0.212 e. The second-order valence-corrected chi connectivity index (χ2v) is 2.63. The van der Waals surface area contributed by atoms with Gasteiger partial charge in [0.1, 0.15) is 0 Å². The lowest BCUT2D eigenvalue weighted by Gasteiger charge is -1.90. The molecule has 0 amide bonds. The molecule has 0 spiro atoms. The smallest absolute Gasteiger partial charge is 0.195 e. The molecule has 1 unspecified atom stereocenters. The van der Waals surface area contributed by atoms with Crippen molar-refractivity contribution in [2.75, 3.05) is 0 Å². The first-order valence-corrected chi connectivity index (χ1v) is 3.52. The highest BCUT2D eigenvalue weighted by molar-refractivity contribution is 7.10. The molecule has 0 radical (unpaired) electrons. The summed E-state index contributed by atoms with van der Waals surface area (Å²) in [6, 6.07) is 4.48. The van der Waals surface area contributed by atoms with Crippen molar-refractivity contribution in [2.24, 2.45) is 5.18 Å². The van der Waals surface area contributed by atoms with Crippen LogP contribution >= 0.6 is 11.3 Å². The van der Waals surface area contributed by atoms with E-state index in [0.29, 0.717) is 4.88 Å². The summed E-state index contributed by atoms with van der Waals surface area (Å²) in [5.41, 5.74) is 0. The maximum atomic E-state index is 9.97. The van der Waals surface area contributed by atoms with Crippen LogP contribution in [-0.2, 0) is 0 Å². The minimum Gasteiger partial charge on any atom is -0.195 e. The molecule has 1 aromatic heterocycles. The first-order chi connectivity index (χ1) is 4.88. The van der Waals surface area contributed by atoms with Crippen molar-refractivity contribution >= 4 is 11.3 Å². The number of nitriles is 1. The van der Waals surface area contributed by atoms with Crippen molar-refractivity contribution in [3.8, 4) is 6.07 Å². The minimum absolute atomic E-state index is 0.706. The second-order valence-electron chi connectivity index (χ2n) is 1.65. The van der Waals surface area contributed by atoms with Gasteiger partial charge in [-0.3, -0.25) is 0 Å². The van der Waals surface area contributed by atoms with Gasteiger partial charge in [-0.2, -0.15) is 5.26 Å². The summed E-state index contributed by atoms with van der Waals surface area (Å²) in [4.78, 5) is 10.7. The van der Waals surface area contributed by atoms with Crippen LogP contribution in [0.15, 0.2) is 22.7 Å². The van der Waals surface area contributed by atoms with Gasteiger partial charge in [0.05, 0.1) is 6.07 Å². The molecule has 1 rings (SSSR count). The third-order valence-electron chi connectivity index (χ3n) is 1.04. The zero-order valence-electron chi connectivity index (χ0n) is 5.02. The summed E-state index contributed by atoms with van der Waals surface area (Å²) >= 11 is 1.36. The standard InChI is InChI=1S/C6H4N2OS/c7-4-5(8-9)6-2-1-3-10-6/h1-3,5H. The van der Waals surface area contributed by atoms with Gasteiger partial charge in [0.2, 0.25) is 6.04 Å². The summed E-state index contributed by atoms with van der Waals surface area (Å²) in [5, 5.41) is 12.8. The molecule has 50 valence electrons. The molecule has 0 aromatic carbocycles. The van der Waals surface area contributed by atoms with Crippen LogP contribution in [0.1, 0.15) is 10.9 Å². The van der Waals surface area contributed by atoms with E-state index in [2.05, 4.69) is 5.18 Å². The van der Waals surface area contributed by atoms with Gasteiger partial charge >= 0.3 is 0 Å². The molecular weight excluding hydrogens is 148 g/mol. The Kier molecular flexibility index (Phi) is 2.13. The van der Waals surface area contributed by atoms with Gasteiger partial charge in [-0.05, 0) is 16.6 Å². The van der Waals surface area contributed by atoms with Crippen LogP contribution in [0.3, 0.4) is 0 Å². The quantitative estimate of drug-likeness (QED) is 0.609. The van der Waals surface area contributed by atoms with Gasteiger partial charge in [-0.1, -0.05) is 6.07 Å². The average molecular weight is 152 g/mol. The van der Waals surface area contributed by atoms with Gasteiger partial charge in [-0.15, -0.1) is 16.2 Å². The van der Waals surface area contributed by atoms with Gasteiger partial charge in [0.25, 0.3) is 0 Å². The lowest BCUT2D eigenvalue weighted by molar-refractivity contribution is 0.940. The van der Waals surface area contributed by atoms with E-state index in [-0.39, 0.29) is 0 Å². The molecule has 0 saturated carbocycles. The fourth-order valence-corrected chi connectivity index (χ4v) is 1.28. The van der Waals surface area contributed by atoms with E-state index in [1.54, 1.807) is 18.2 Å². The Bertz CT molecular complexity index is 249. The fourth-order valence-electron chi connectivity index (χ4n) is 0.586. The Morgan fingerprint density at radius 2 is 2.60 bits per heavy atom. The molecule has 1 atom stereocenters. The van der Waals surface area contributed by atoms with Crippen molar-refractivity contribution in [3.05, 3.63) is 27.3 Å². The van der Waals surface area contributed by atoms with Crippen molar-refractivity contribution in [3.63, 3.8) is 0 Å². The molecule has 0 aliphatic carbocycles. The number of rotatable bonds is 2. The van der Waals surface area contributed by atoms with E-state index in [4.69, 9.17) is 5.26 Å². The van der Waals surface area contributed by atoms with E-state index in [9.17, 15) is 4.91 Å². The lowest BCUT2D eigenvalue weighted by Crippen LogP contribution is -1.83. The topological polar surface area (TPSA) is 53.2 Å². The van der Waals surface area contributed by atoms with Crippen LogP contribution in [0.2, 0.25) is 0 Å². The summed E-state index contributed by atoms with van der Waals surface area (Å²) in [7, 11) is 0. The van der Waals surface area contributed by atoms with Crippen LogP contribution in [-0.4, -0.2) is 0 Å². The van der Waals surface area contributed by atoms with Crippen molar-refractivity contribution in [1.82, 2.24) is 0 Å². The Balaban J connectivity index is 2.86. The zero-order chi connectivity index (χ0) is 7.40. The van der Waals surface area contributed by atoms with Crippen LogP contribution < -0.4 is 0 Å². The van der Waals surface area contributed by atoms with Crippen LogP contribution in [0.4, 0.5) is 0 Å². The maximum Gasteiger partial charge on any atom is 0.212 e. The number of hydrogen-bond donors (Lipinski definition) is 0. The zero-order valence-corrected chi connectivity index (χ0v) is 5.84. The molecule has 1 heterocycles. The first-order valence-electron chi connectivity index (χ1n) is 2.64. The van der Waals surface area contributed by atoms with E-state index in [1.807, 2.05) is 5.38 Å². The fraction of sp³-hybridized carbons (Fsp3) is 0.167. The maximum absolute atomic E-state index is 9.97. The van der Waals surface area contributed by atoms with E-state index in [0.717, 1.165) is 0 Å². The van der Waals surface area contributed by atoms with Crippen molar-refractivity contribution in [2.45, 2.75) is 6.04 Å². The highest BCUT2D eigenvalue weighted by atomic mass is 32.1. The van der Waals surface area contributed by atoms with Gasteiger partial charge < -0.3 is 0 Å². The van der Waals surface area contributed by atoms with Gasteiger partial charge in [0, 0.05) is 4.88 Å². The molecule has 0 saturated heterocycles. The van der Waals surface area contributed by atoms with E-state index >= 15 is 0 Å². The Morgan fingerprint density at radius 1 is 1.80 bits per heavy atom. The number of nitroso groups, excluding NO2 is 1. The van der Waals surface area contributed by atoms with Crippen LogP contribution in [0.5, 0.6) is 0 Å². The van der Waals surface area contributed by atoms with E-state index in [1.165, 1.54) is 11.3 Å². The highest BCUT2D eigenvalue weighted by Gasteiger charge is 2.09. The molecule has 10 heavy (non-hydrogen) atoms. The number of nitrogens with zero attached hydrogens (tertiary/aromatic N) is 2. The first kappa shape index (κ1) is 6.90. The summed E-state index contributed by atoms with van der Waals surface area (Å²) in [6.07, 6.45) is 0. The predicted molar refractivity (Wildman–Crippen MR) is 38.5 cm³/mol. The predicted octanol–water partition coefficient (Wildman–Crippen LogP) is 2.08. The monoisotopic (exact) mass is 152 g/mol. The molecule has 0 aliphatic rings. The minimum atomic E-state index is -0.819. The van der Waals surface area contributed by atoms with Crippen LogP contribution in [0.25, 0.3) is 0 Å². The van der Waals surface area contributed by atoms with Gasteiger partial charge in [-0.25, -0.2) is 0 Å². The second kappa shape index (κ2) is 3.08. The Hall–Kier alpha value is -1.21. The third kappa shape index (κ3) is 1.20. The Labute approximate surface area is 61.9 Å². The van der Waals surface area contributed by atoms with Gasteiger partial charge in [0.15, 0.2) is 0 Å². The molecule has 4 heteroatoms. The molecule has 1 aromatic rings. The molecular formula is C6H4N2OS. The van der Waals surface area contributed by atoms with Crippen LogP contribution in [0, 0.1) is 16.2 Å². The Morgan fingerprint density at radius 3 is 3.00 bits per heavy atom. The van der Waals surface area contributed by atoms with Crippen molar-refractivity contribution in [1.29, 1.82) is 5.26 Å². The number of hydrogen-bond acceptors (Lipinski definition) is 4. The summed E-state index contributed by atoms with van der Waals surface area (Å²) in [6.45, 7) is 0. The molecule has 0 fully saturated rings. The van der Waals surface area contributed by atoms with E-state index < -0.39 is 6.04 Å². The SMILES string of the molecule is N#CC(N=O)c1cccs1. The molecule has 0 bridgehead atoms. The highest BCUT2D eigenvalue weighted by Crippen LogP contribution is 2.20. The summed E-state index contributed by atoms with van der Waals surface area (Å²) < 4.78 is 0. The molecule has 0 N–H and O–H groups in total. The molecule has 0 aliphatic heterocycles.